The van der Waals surface area contributed by atoms with Gasteiger partial charge in [-0.25, -0.2) is 4.98 Å². The molecule has 3 N–H and O–H groups in total. The van der Waals surface area contributed by atoms with Crippen LogP contribution < -0.4 is 11.1 Å². The van der Waals surface area contributed by atoms with Gasteiger partial charge in [0.2, 0.25) is 0 Å². The molecule has 104 valence electrons. The maximum atomic E-state index is 12.2. The Balaban J connectivity index is 2.01. The normalized spacial score (nSPS) is 17.9. The van der Waals surface area contributed by atoms with Gasteiger partial charge in [-0.1, -0.05) is 26.2 Å². The van der Waals surface area contributed by atoms with E-state index in [2.05, 4.69) is 17.2 Å². The average molecular weight is 261 g/mol. The molecule has 0 bridgehead atoms. The van der Waals surface area contributed by atoms with Gasteiger partial charge in [0.1, 0.15) is 5.82 Å². The Hall–Kier alpha value is -1.58. The number of carbonyl (C=O) groups excluding carboxylic acids is 1. The minimum Gasteiger partial charge on any atom is -0.383 e. The molecule has 4 heteroatoms. The van der Waals surface area contributed by atoms with Gasteiger partial charge in [-0.05, 0) is 37.3 Å². The fraction of sp³-hybridized carbons (Fsp3) is 0.600. The molecule has 1 fully saturated rings. The van der Waals surface area contributed by atoms with Gasteiger partial charge in [-0.3, -0.25) is 4.79 Å². The van der Waals surface area contributed by atoms with Crippen LogP contribution in [0.2, 0.25) is 0 Å². The molecule has 0 aromatic carbocycles. The van der Waals surface area contributed by atoms with Crippen molar-refractivity contribution in [2.24, 2.45) is 5.92 Å². The highest BCUT2D eigenvalue weighted by molar-refractivity contribution is 5.98. The van der Waals surface area contributed by atoms with Crippen LogP contribution in [0.1, 0.15) is 55.8 Å². The molecule has 1 aromatic heterocycles. The smallest absolute Gasteiger partial charge is 0.255 e. The average Bonchev–Trinajstić information content (AvgIpc) is 2.46. The Bertz CT molecular complexity index is 427. The van der Waals surface area contributed by atoms with Crippen molar-refractivity contribution in [1.82, 2.24) is 10.3 Å². The van der Waals surface area contributed by atoms with E-state index in [4.69, 9.17) is 5.73 Å². The first-order valence-electron chi connectivity index (χ1n) is 7.23. The molecular weight excluding hydrogens is 238 g/mol. The highest BCUT2D eigenvalue weighted by atomic mass is 16.1. The quantitative estimate of drug-likeness (QED) is 0.875. The van der Waals surface area contributed by atoms with Crippen molar-refractivity contribution in [3.8, 4) is 0 Å². The van der Waals surface area contributed by atoms with Gasteiger partial charge in [0.05, 0.1) is 5.56 Å². The first-order chi connectivity index (χ1) is 9.22. The molecule has 0 saturated heterocycles. The van der Waals surface area contributed by atoms with Crippen molar-refractivity contribution in [3.63, 3.8) is 0 Å². The zero-order chi connectivity index (χ0) is 13.7. The summed E-state index contributed by atoms with van der Waals surface area (Å²) < 4.78 is 0. The number of amides is 1. The number of nitrogen functional groups attached to an aromatic ring is 1. The third-order valence-electron chi connectivity index (χ3n) is 4.06. The van der Waals surface area contributed by atoms with Gasteiger partial charge < -0.3 is 11.1 Å². The third-order valence-corrected chi connectivity index (χ3v) is 4.06. The van der Waals surface area contributed by atoms with Crippen molar-refractivity contribution < 1.29 is 4.79 Å². The van der Waals surface area contributed by atoms with Crippen LogP contribution in [0.3, 0.4) is 0 Å². The van der Waals surface area contributed by atoms with E-state index in [0.29, 0.717) is 17.3 Å². The first-order valence-corrected chi connectivity index (χ1v) is 7.23. The molecule has 0 radical (unpaired) electrons. The monoisotopic (exact) mass is 261 g/mol. The maximum absolute atomic E-state index is 12.2. The number of nitrogens with two attached hydrogens (primary N) is 1. The van der Waals surface area contributed by atoms with Gasteiger partial charge >= 0.3 is 0 Å². The van der Waals surface area contributed by atoms with E-state index in [1.807, 2.05) is 0 Å². The van der Waals surface area contributed by atoms with Crippen LogP contribution in [-0.4, -0.2) is 16.9 Å². The lowest BCUT2D eigenvalue weighted by molar-refractivity contribution is 0.0912. The molecule has 1 aliphatic rings. The highest BCUT2D eigenvalue weighted by Gasteiger charge is 2.24. The minimum atomic E-state index is -0.0944. The van der Waals surface area contributed by atoms with Crippen molar-refractivity contribution >= 4 is 11.7 Å². The molecule has 0 spiro atoms. The summed E-state index contributed by atoms with van der Waals surface area (Å²) in [6.07, 6.45) is 8.91. The second kappa shape index (κ2) is 6.55. The number of anilines is 1. The minimum absolute atomic E-state index is 0.0944. The van der Waals surface area contributed by atoms with Gasteiger partial charge in [-0.2, -0.15) is 0 Å². The van der Waals surface area contributed by atoms with Crippen LogP contribution in [0, 0.1) is 5.92 Å². The summed E-state index contributed by atoms with van der Waals surface area (Å²) in [4.78, 5) is 16.2. The molecule has 2 rings (SSSR count). The Morgan fingerprint density at radius 2 is 2.21 bits per heavy atom. The highest BCUT2D eigenvalue weighted by Crippen LogP contribution is 2.28. The fourth-order valence-corrected chi connectivity index (χ4v) is 2.95. The van der Waals surface area contributed by atoms with Crippen molar-refractivity contribution in [1.29, 1.82) is 0 Å². The van der Waals surface area contributed by atoms with Gasteiger partial charge in [0, 0.05) is 12.2 Å². The van der Waals surface area contributed by atoms with Crippen molar-refractivity contribution in [2.75, 3.05) is 5.73 Å². The number of aromatic nitrogens is 1. The third kappa shape index (κ3) is 3.46. The molecule has 0 aliphatic heterocycles. The van der Waals surface area contributed by atoms with E-state index in [9.17, 15) is 4.79 Å². The molecule has 1 atom stereocenters. The molecule has 4 nitrogen and oxygen atoms in total. The lowest BCUT2D eigenvalue weighted by Gasteiger charge is -2.30. The van der Waals surface area contributed by atoms with E-state index in [-0.39, 0.29) is 11.9 Å². The Morgan fingerprint density at radius 1 is 1.47 bits per heavy atom. The van der Waals surface area contributed by atoms with Gasteiger partial charge in [0.15, 0.2) is 0 Å². The first kappa shape index (κ1) is 13.8. The lowest BCUT2D eigenvalue weighted by atomic mass is 9.83. The van der Waals surface area contributed by atoms with Crippen LogP contribution in [-0.2, 0) is 0 Å². The van der Waals surface area contributed by atoms with Gasteiger partial charge in [-0.15, -0.1) is 0 Å². The Labute approximate surface area is 114 Å². The van der Waals surface area contributed by atoms with Crippen LogP contribution >= 0.6 is 0 Å². The fourth-order valence-electron chi connectivity index (χ4n) is 2.95. The summed E-state index contributed by atoms with van der Waals surface area (Å²) in [6, 6.07) is 3.73. The predicted molar refractivity (Wildman–Crippen MR) is 76.8 cm³/mol. The second-order valence-corrected chi connectivity index (χ2v) is 5.32. The van der Waals surface area contributed by atoms with Crippen LogP contribution in [0.25, 0.3) is 0 Å². The van der Waals surface area contributed by atoms with Gasteiger partial charge in [0.25, 0.3) is 5.91 Å². The van der Waals surface area contributed by atoms with E-state index < -0.39 is 0 Å². The lowest BCUT2D eigenvalue weighted by Crippen LogP contribution is -2.41. The molecular formula is C15H23N3O. The standard InChI is InChI=1S/C15H23N3O/c1-2-13(11-7-4-3-5-8-11)18-15(19)12-9-6-10-17-14(12)16/h6,9-11,13H,2-5,7-8H2,1H3,(H2,16,17)(H,18,19). The SMILES string of the molecule is CCC(NC(=O)c1cccnc1N)C1CCCCC1. The Morgan fingerprint density at radius 3 is 2.84 bits per heavy atom. The molecule has 1 heterocycles. The summed E-state index contributed by atoms with van der Waals surface area (Å²) in [5.41, 5.74) is 6.23. The molecule has 1 saturated carbocycles. The van der Waals surface area contributed by atoms with E-state index in [0.717, 1.165) is 6.42 Å². The number of nitrogens with one attached hydrogen (secondary N) is 1. The largest absolute Gasteiger partial charge is 0.383 e. The number of pyridine rings is 1. The van der Waals surface area contributed by atoms with Crippen LogP contribution in [0.15, 0.2) is 18.3 Å². The number of nitrogens with zero attached hydrogens (tertiary/aromatic N) is 1. The van der Waals surface area contributed by atoms with E-state index in [1.54, 1.807) is 18.3 Å². The van der Waals surface area contributed by atoms with E-state index in [1.165, 1.54) is 32.1 Å². The Kier molecular flexibility index (Phi) is 4.77. The molecule has 1 unspecified atom stereocenters. The zero-order valence-corrected chi connectivity index (χ0v) is 11.6. The molecule has 1 aromatic rings. The summed E-state index contributed by atoms with van der Waals surface area (Å²) >= 11 is 0. The summed E-state index contributed by atoms with van der Waals surface area (Å²) in [5.74, 6) is 0.821. The number of hydrogen-bond donors (Lipinski definition) is 2. The summed E-state index contributed by atoms with van der Waals surface area (Å²) in [5, 5.41) is 3.13. The van der Waals surface area contributed by atoms with Crippen molar-refractivity contribution in [3.05, 3.63) is 23.9 Å². The molecule has 1 amide bonds. The maximum Gasteiger partial charge on any atom is 0.255 e. The summed E-state index contributed by atoms with van der Waals surface area (Å²) in [7, 11) is 0. The van der Waals surface area contributed by atoms with Crippen molar-refractivity contribution in [2.45, 2.75) is 51.5 Å². The molecule has 19 heavy (non-hydrogen) atoms. The van der Waals surface area contributed by atoms with Crippen LogP contribution in [0.4, 0.5) is 5.82 Å². The summed E-state index contributed by atoms with van der Waals surface area (Å²) in [6.45, 7) is 2.13. The van der Waals surface area contributed by atoms with Crippen LogP contribution in [0.5, 0.6) is 0 Å². The number of rotatable bonds is 4. The zero-order valence-electron chi connectivity index (χ0n) is 11.6. The number of carbonyl (C=O) groups is 1. The molecule has 1 aliphatic carbocycles. The second-order valence-electron chi connectivity index (χ2n) is 5.32. The topological polar surface area (TPSA) is 68.0 Å². The van der Waals surface area contributed by atoms with E-state index >= 15 is 0 Å². The predicted octanol–water partition coefficient (Wildman–Crippen LogP) is 2.75. The number of hydrogen-bond acceptors (Lipinski definition) is 3.